The van der Waals surface area contributed by atoms with Crippen LogP contribution in [0.15, 0.2) is 24.3 Å². The van der Waals surface area contributed by atoms with Gasteiger partial charge in [-0.15, -0.1) is 0 Å². The highest BCUT2D eigenvalue weighted by molar-refractivity contribution is 6.00. The zero-order valence-electron chi connectivity index (χ0n) is 16.7. The van der Waals surface area contributed by atoms with E-state index in [0.29, 0.717) is 19.5 Å². The Labute approximate surface area is 165 Å². The summed E-state index contributed by atoms with van der Waals surface area (Å²) in [6.07, 6.45) is 4.52. The molecule has 1 unspecified atom stereocenters. The fourth-order valence-electron chi connectivity index (χ4n) is 4.34. The highest BCUT2D eigenvalue weighted by atomic mass is 16.2. The number of hydrogen-bond donors (Lipinski definition) is 1. The average molecular weight is 380 g/mol. The van der Waals surface area contributed by atoms with Gasteiger partial charge in [0.25, 0.3) is 0 Å². The van der Waals surface area contributed by atoms with Gasteiger partial charge in [-0.3, -0.25) is 14.3 Å². The molecule has 1 aromatic carbocycles. The third-order valence-corrected chi connectivity index (χ3v) is 5.84. The second-order valence-electron chi connectivity index (χ2n) is 8.01. The van der Waals surface area contributed by atoms with E-state index in [2.05, 4.69) is 28.6 Å². The van der Waals surface area contributed by atoms with Crippen molar-refractivity contribution in [3.05, 3.63) is 46.8 Å². The van der Waals surface area contributed by atoms with Crippen LogP contribution < -0.4 is 10.2 Å². The minimum Gasteiger partial charge on any atom is -0.356 e. The van der Waals surface area contributed by atoms with Crippen LogP contribution in [0.2, 0.25) is 0 Å². The topological polar surface area (TPSA) is 67.2 Å². The summed E-state index contributed by atoms with van der Waals surface area (Å²) < 4.78 is 1.97. The van der Waals surface area contributed by atoms with Gasteiger partial charge in [0.05, 0.1) is 11.6 Å². The molecule has 148 valence electrons. The molecule has 1 aliphatic heterocycles. The van der Waals surface area contributed by atoms with Crippen LogP contribution in [0.3, 0.4) is 0 Å². The summed E-state index contributed by atoms with van der Waals surface area (Å²) in [5.41, 5.74) is 5.83. The van der Waals surface area contributed by atoms with Gasteiger partial charge in [0.1, 0.15) is 0 Å². The maximum atomic E-state index is 12.5. The van der Waals surface area contributed by atoms with Crippen molar-refractivity contribution in [2.24, 2.45) is 5.92 Å². The number of aromatic nitrogens is 2. The van der Waals surface area contributed by atoms with Gasteiger partial charge < -0.3 is 10.2 Å². The lowest BCUT2D eigenvalue weighted by Crippen LogP contribution is -2.34. The van der Waals surface area contributed by atoms with E-state index in [-0.39, 0.29) is 17.7 Å². The third kappa shape index (κ3) is 3.81. The number of benzene rings is 1. The first-order valence-corrected chi connectivity index (χ1v) is 10.2. The molecule has 6 heteroatoms. The molecule has 1 atom stereocenters. The highest BCUT2D eigenvalue weighted by Crippen LogP contribution is 2.30. The van der Waals surface area contributed by atoms with Crippen molar-refractivity contribution >= 4 is 17.5 Å². The van der Waals surface area contributed by atoms with Gasteiger partial charge in [-0.05, 0) is 68.9 Å². The molecule has 0 bridgehead atoms. The molecule has 28 heavy (non-hydrogen) atoms. The Morgan fingerprint density at radius 1 is 1.21 bits per heavy atom. The Kier molecular flexibility index (Phi) is 5.20. The molecule has 0 saturated carbocycles. The number of anilines is 1. The molecule has 1 aliphatic carbocycles. The number of carbonyl (C=O) groups is 2. The van der Waals surface area contributed by atoms with Gasteiger partial charge in [0.15, 0.2) is 0 Å². The predicted molar refractivity (Wildman–Crippen MR) is 108 cm³/mol. The lowest BCUT2D eigenvalue weighted by Gasteiger charge is -2.18. The number of nitrogens with one attached hydrogen (secondary N) is 1. The summed E-state index contributed by atoms with van der Waals surface area (Å²) in [5, 5.41) is 7.43. The van der Waals surface area contributed by atoms with E-state index in [9.17, 15) is 9.59 Å². The molecular weight excluding hydrogens is 352 g/mol. The molecule has 2 aliphatic rings. The van der Waals surface area contributed by atoms with Crippen molar-refractivity contribution in [2.75, 3.05) is 18.0 Å². The van der Waals surface area contributed by atoms with E-state index in [1.165, 1.54) is 17.5 Å². The fourth-order valence-corrected chi connectivity index (χ4v) is 4.34. The Balaban J connectivity index is 1.28. The van der Waals surface area contributed by atoms with Gasteiger partial charge in [-0.25, -0.2) is 0 Å². The fraction of sp³-hybridized carbons (Fsp3) is 0.500. The van der Waals surface area contributed by atoms with Crippen LogP contribution in [0.5, 0.6) is 0 Å². The number of amides is 2. The molecule has 2 aromatic rings. The Morgan fingerprint density at radius 2 is 2.04 bits per heavy atom. The largest absolute Gasteiger partial charge is 0.356 e. The van der Waals surface area contributed by atoms with Gasteiger partial charge in [-0.2, -0.15) is 5.10 Å². The standard InChI is InChI=1S/C22H28N4O2/c1-15-11-16(2)26(24-15)10-4-9-23-22(28)19-13-21(27)25(14-19)20-8-7-17-5-3-6-18(17)12-20/h7-8,11-12,19H,3-6,9-10,13-14H2,1-2H3,(H,23,28). The molecular formula is C22H28N4O2. The zero-order chi connectivity index (χ0) is 19.7. The van der Waals surface area contributed by atoms with Crippen LogP contribution in [0.25, 0.3) is 0 Å². The number of hydrogen-bond acceptors (Lipinski definition) is 3. The molecule has 2 amide bonds. The van der Waals surface area contributed by atoms with Gasteiger partial charge in [0.2, 0.25) is 11.8 Å². The molecule has 4 rings (SSSR count). The minimum atomic E-state index is -0.269. The first-order valence-electron chi connectivity index (χ1n) is 10.2. The van der Waals surface area contributed by atoms with Crippen molar-refractivity contribution in [3.63, 3.8) is 0 Å². The zero-order valence-corrected chi connectivity index (χ0v) is 16.7. The van der Waals surface area contributed by atoms with E-state index in [1.54, 1.807) is 4.90 Å². The van der Waals surface area contributed by atoms with Crippen molar-refractivity contribution in [3.8, 4) is 0 Å². The van der Waals surface area contributed by atoms with Crippen LogP contribution >= 0.6 is 0 Å². The second kappa shape index (κ2) is 7.78. The van der Waals surface area contributed by atoms with E-state index < -0.39 is 0 Å². The Hall–Kier alpha value is -2.63. The van der Waals surface area contributed by atoms with Crippen molar-refractivity contribution < 1.29 is 9.59 Å². The van der Waals surface area contributed by atoms with Crippen LogP contribution in [0.4, 0.5) is 5.69 Å². The summed E-state index contributed by atoms with van der Waals surface area (Å²) in [4.78, 5) is 26.8. The molecule has 0 radical (unpaired) electrons. The van der Waals surface area contributed by atoms with Gasteiger partial charge >= 0.3 is 0 Å². The SMILES string of the molecule is Cc1cc(C)n(CCCNC(=O)C2CC(=O)N(c3ccc4c(c3)CCC4)C2)n1. The molecule has 1 N–H and O–H groups in total. The van der Waals surface area contributed by atoms with E-state index >= 15 is 0 Å². The quantitative estimate of drug-likeness (QED) is 0.783. The number of fused-ring (bicyclic) bond motifs is 1. The second-order valence-corrected chi connectivity index (χ2v) is 8.01. The molecule has 2 heterocycles. The van der Waals surface area contributed by atoms with Crippen LogP contribution in [0, 0.1) is 19.8 Å². The number of aryl methyl sites for hydroxylation is 5. The monoisotopic (exact) mass is 380 g/mol. The maximum Gasteiger partial charge on any atom is 0.227 e. The molecule has 1 saturated heterocycles. The first-order chi connectivity index (χ1) is 13.5. The molecule has 1 fully saturated rings. The number of carbonyl (C=O) groups excluding carboxylic acids is 2. The van der Waals surface area contributed by atoms with E-state index in [0.717, 1.165) is 42.9 Å². The van der Waals surface area contributed by atoms with Crippen molar-refractivity contribution in [2.45, 2.75) is 52.5 Å². The van der Waals surface area contributed by atoms with Crippen LogP contribution in [0.1, 0.15) is 41.8 Å². The van der Waals surface area contributed by atoms with Gasteiger partial charge in [-0.1, -0.05) is 6.07 Å². The first kappa shape index (κ1) is 18.7. The molecule has 1 aromatic heterocycles. The summed E-state index contributed by atoms with van der Waals surface area (Å²) in [6, 6.07) is 8.35. The normalized spacial score (nSPS) is 18.6. The lowest BCUT2D eigenvalue weighted by atomic mass is 10.1. The van der Waals surface area contributed by atoms with Crippen LogP contribution in [-0.2, 0) is 29.0 Å². The number of rotatable bonds is 6. The summed E-state index contributed by atoms with van der Waals surface area (Å²) >= 11 is 0. The van der Waals surface area contributed by atoms with Crippen molar-refractivity contribution in [1.82, 2.24) is 15.1 Å². The average Bonchev–Trinajstić information content (AvgIpc) is 3.36. The minimum absolute atomic E-state index is 0.0228. The van der Waals surface area contributed by atoms with E-state index in [4.69, 9.17) is 0 Å². The smallest absolute Gasteiger partial charge is 0.227 e. The Bertz CT molecular complexity index is 902. The lowest BCUT2D eigenvalue weighted by molar-refractivity contribution is -0.126. The summed E-state index contributed by atoms with van der Waals surface area (Å²) in [6.45, 7) is 5.87. The van der Waals surface area contributed by atoms with E-state index in [1.807, 2.05) is 24.6 Å². The van der Waals surface area contributed by atoms with Crippen LogP contribution in [-0.4, -0.2) is 34.7 Å². The summed E-state index contributed by atoms with van der Waals surface area (Å²) in [7, 11) is 0. The van der Waals surface area contributed by atoms with Crippen molar-refractivity contribution in [1.29, 1.82) is 0 Å². The highest BCUT2D eigenvalue weighted by Gasteiger charge is 2.35. The number of nitrogens with zero attached hydrogens (tertiary/aromatic N) is 3. The predicted octanol–water partition coefficient (Wildman–Crippen LogP) is 2.55. The Morgan fingerprint density at radius 3 is 2.82 bits per heavy atom. The molecule has 6 nitrogen and oxygen atoms in total. The summed E-state index contributed by atoms with van der Waals surface area (Å²) in [5.74, 6) is -0.249. The molecule has 0 spiro atoms. The van der Waals surface area contributed by atoms with Gasteiger partial charge in [0, 0.05) is 37.4 Å². The third-order valence-electron chi connectivity index (χ3n) is 5.84. The maximum absolute atomic E-state index is 12.5.